The maximum Gasteiger partial charge on any atom is 0.241 e. The van der Waals surface area contributed by atoms with E-state index in [1.807, 2.05) is 24.3 Å². The SMILES string of the molecule is COc1ccc([C@@H]2C[C@@H](c3c(F)cccc3Cl)n3nc(N)nc3N2)cc1. The minimum Gasteiger partial charge on any atom is -0.497 e. The molecule has 6 nitrogen and oxygen atoms in total. The van der Waals surface area contributed by atoms with Gasteiger partial charge >= 0.3 is 0 Å². The van der Waals surface area contributed by atoms with Crippen LogP contribution in [0.25, 0.3) is 0 Å². The Balaban J connectivity index is 1.78. The molecule has 0 spiro atoms. The number of ether oxygens (including phenoxy) is 1. The van der Waals surface area contributed by atoms with Crippen molar-refractivity contribution in [1.29, 1.82) is 0 Å². The minimum atomic E-state index is -0.420. The van der Waals surface area contributed by atoms with Gasteiger partial charge in [0.25, 0.3) is 0 Å². The molecule has 26 heavy (non-hydrogen) atoms. The lowest BCUT2D eigenvalue weighted by molar-refractivity contribution is 0.410. The fraction of sp³-hybridized carbons (Fsp3) is 0.222. The molecule has 0 bridgehead atoms. The molecular formula is C18H17ClFN5O. The lowest BCUT2D eigenvalue weighted by atomic mass is 9.93. The van der Waals surface area contributed by atoms with Gasteiger partial charge in [0.2, 0.25) is 11.9 Å². The summed E-state index contributed by atoms with van der Waals surface area (Å²) in [7, 11) is 1.62. The average Bonchev–Trinajstić information content (AvgIpc) is 3.02. The van der Waals surface area contributed by atoms with Crippen LogP contribution in [0.2, 0.25) is 5.02 Å². The molecule has 0 amide bonds. The molecule has 4 rings (SSSR count). The van der Waals surface area contributed by atoms with E-state index < -0.39 is 6.04 Å². The van der Waals surface area contributed by atoms with Crippen molar-refractivity contribution in [2.45, 2.75) is 18.5 Å². The summed E-state index contributed by atoms with van der Waals surface area (Å²) in [6.45, 7) is 0. The zero-order chi connectivity index (χ0) is 18.3. The third kappa shape index (κ3) is 2.84. The van der Waals surface area contributed by atoms with E-state index >= 15 is 0 Å². The van der Waals surface area contributed by atoms with Crippen LogP contribution in [0.3, 0.4) is 0 Å². The Morgan fingerprint density at radius 2 is 2.04 bits per heavy atom. The van der Waals surface area contributed by atoms with E-state index in [1.54, 1.807) is 23.9 Å². The number of halogens is 2. The summed E-state index contributed by atoms with van der Waals surface area (Å²) in [4.78, 5) is 4.22. The van der Waals surface area contributed by atoms with Crippen molar-refractivity contribution in [3.63, 3.8) is 0 Å². The zero-order valence-electron chi connectivity index (χ0n) is 14.0. The Morgan fingerprint density at radius 1 is 1.27 bits per heavy atom. The molecule has 1 aliphatic rings. The van der Waals surface area contributed by atoms with Gasteiger partial charge in [-0.25, -0.2) is 9.07 Å². The van der Waals surface area contributed by atoms with Crippen LogP contribution < -0.4 is 15.8 Å². The fourth-order valence-corrected chi connectivity index (χ4v) is 3.61. The molecule has 0 unspecified atom stereocenters. The third-order valence-electron chi connectivity index (χ3n) is 4.56. The van der Waals surface area contributed by atoms with Gasteiger partial charge in [0, 0.05) is 10.6 Å². The Bertz CT molecular complexity index is 923. The number of hydrogen-bond donors (Lipinski definition) is 2. The van der Waals surface area contributed by atoms with Crippen molar-refractivity contribution in [2.75, 3.05) is 18.2 Å². The highest BCUT2D eigenvalue weighted by Crippen LogP contribution is 2.41. The topological polar surface area (TPSA) is 78.0 Å². The van der Waals surface area contributed by atoms with Crippen LogP contribution in [-0.4, -0.2) is 21.9 Å². The summed E-state index contributed by atoms with van der Waals surface area (Å²) in [5.41, 5.74) is 7.18. The molecule has 0 saturated carbocycles. The summed E-state index contributed by atoms with van der Waals surface area (Å²) in [5, 5.41) is 7.89. The molecule has 3 aromatic rings. The molecule has 0 saturated heterocycles. The fourth-order valence-electron chi connectivity index (χ4n) is 3.32. The van der Waals surface area contributed by atoms with Gasteiger partial charge in [-0.15, -0.1) is 5.10 Å². The summed E-state index contributed by atoms with van der Waals surface area (Å²) < 4.78 is 21.4. The molecule has 2 atom stereocenters. The van der Waals surface area contributed by atoms with Gasteiger partial charge in [-0.3, -0.25) is 0 Å². The summed E-state index contributed by atoms with van der Waals surface area (Å²) >= 11 is 6.30. The second-order valence-corrected chi connectivity index (χ2v) is 6.50. The highest BCUT2D eigenvalue weighted by Gasteiger charge is 2.33. The summed E-state index contributed by atoms with van der Waals surface area (Å²) in [6.07, 6.45) is 0.544. The van der Waals surface area contributed by atoms with Crippen LogP contribution in [-0.2, 0) is 0 Å². The van der Waals surface area contributed by atoms with E-state index in [0.717, 1.165) is 11.3 Å². The first-order valence-corrected chi connectivity index (χ1v) is 8.51. The number of benzene rings is 2. The molecule has 2 aromatic carbocycles. The molecule has 2 heterocycles. The highest BCUT2D eigenvalue weighted by molar-refractivity contribution is 6.31. The van der Waals surface area contributed by atoms with E-state index in [1.165, 1.54) is 6.07 Å². The van der Waals surface area contributed by atoms with E-state index in [-0.39, 0.29) is 17.8 Å². The first-order valence-electron chi connectivity index (χ1n) is 8.13. The number of methoxy groups -OCH3 is 1. The molecule has 0 radical (unpaired) electrons. The third-order valence-corrected chi connectivity index (χ3v) is 4.89. The molecule has 8 heteroatoms. The van der Waals surface area contributed by atoms with Gasteiger partial charge in [0.05, 0.1) is 19.2 Å². The summed E-state index contributed by atoms with van der Waals surface area (Å²) in [5.74, 6) is 1.00. The number of nitrogen functional groups attached to an aromatic ring is 1. The standard InChI is InChI=1S/C18H17ClFN5O/c1-26-11-7-5-10(6-8-11)14-9-15(16-12(19)3-2-4-13(16)20)25-18(22-14)23-17(21)24-25/h2-8,14-15H,9H2,1H3,(H3,21,22,23,24)/t14-,15-/m0/s1. The van der Waals surface area contributed by atoms with Gasteiger partial charge in [-0.2, -0.15) is 4.98 Å². The van der Waals surface area contributed by atoms with Crippen molar-refractivity contribution in [1.82, 2.24) is 14.8 Å². The van der Waals surface area contributed by atoms with Crippen molar-refractivity contribution < 1.29 is 9.13 Å². The maximum absolute atomic E-state index is 14.5. The number of aromatic nitrogens is 3. The van der Waals surface area contributed by atoms with E-state index in [2.05, 4.69) is 15.4 Å². The largest absolute Gasteiger partial charge is 0.497 e. The lowest BCUT2D eigenvalue weighted by Crippen LogP contribution is -2.28. The molecular weight excluding hydrogens is 357 g/mol. The molecule has 3 N–H and O–H groups in total. The van der Waals surface area contributed by atoms with Crippen LogP contribution >= 0.6 is 11.6 Å². The number of fused-ring (bicyclic) bond motifs is 1. The van der Waals surface area contributed by atoms with Gasteiger partial charge in [0.1, 0.15) is 11.6 Å². The van der Waals surface area contributed by atoms with E-state index in [9.17, 15) is 4.39 Å². The van der Waals surface area contributed by atoms with Crippen LogP contribution in [0.15, 0.2) is 42.5 Å². The number of nitrogens with one attached hydrogen (secondary N) is 1. The first kappa shape index (κ1) is 16.7. The maximum atomic E-state index is 14.5. The van der Waals surface area contributed by atoms with Gasteiger partial charge in [0.15, 0.2) is 0 Å². The molecule has 1 aliphatic heterocycles. The van der Waals surface area contributed by atoms with E-state index in [4.69, 9.17) is 22.1 Å². The molecule has 0 fully saturated rings. The lowest BCUT2D eigenvalue weighted by Gasteiger charge is -2.32. The van der Waals surface area contributed by atoms with Crippen LogP contribution in [0.5, 0.6) is 5.75 Å². The summed E-state index contributed by atoms with van der Waals surface area (Å²) in [6, 6.07) is 11.8. The number of rotatable bonds is 3. The van der Waals surface area contributed by atoms with Gasteiger partial charge in [-0.05, 0) is 36.2 Å². The number of nitrogens with zero attached hydrogens (tertiary/aromatic N) is 3. The van der Waals surface area contributed by atoms with Crippen molar-refractivity contribution in [3.05, 3.63) is 64.4 Å². The van der Waals surface area contributed by atoms with Crippen molar-refractivity contribution >= 4 is 23.5 Å². The smallest absolute Gasteiger partial charge is 0.241 e. The van der Waals surface area contributed by atoms with E-state index in [0.29, 0.717) is 23.0 Å². The number of nitrogens with two attached hydrogens (primary N) is 1. The Morgan fingerprint density at radius 3 is 2.73 bits per heavy atom. The Kier molecular flexibility index (Phi) is 4.16. The van der Waals surface area contributed by atoms with Crippen LogP contribution in [0, 0.1) is 5.82 Å². The predicted molar refractivity (Wildman–Crippen MR) is 98.0 cm³/mol. The quantitative estimate of drug-likeness (QED) is 0.730. The predicted octanol–water partition coefficient (Wildman–Crippen LogP) is 3.81. The van der Waals surface area contributed by atoms with Crippen molar-refractivity contribution in [3.8, 4) is 5.75 Å². The van der Waals surface area contributed by atoms with Crippen molar-refractivity contribution in [2.24, 2.45) is 0 Å². The van der Waals surface area contributed by atoms with Gasteiger partial charge < -0.3 is 15.8 Å². The average molecular weight is 374 g/mol. The number of hydrogen-bond acceptors (Lipinski definition) is 5. The Labute approximate surface area is 154 Å². The normalized spacial score (nSPS) is 18.9. The van der Waals surface area contributed by atoms with Gasteiger partial charge in [-0.1, -0.05) is 29.8 Å². The minimum absolute atomic E-state index is 0.0994. The zero-order valence-corrected chi connectivity index (χ0v) is 14.7. The molecule has 134 valence electrons. The molecule has 1 aromatic heterocycles. The van der Waals surface area contributed by atoms with Crippen LogP contribution in [0.1, 0.15) is 29.6 Å². The monoisotopic (exact) mass is 373 g/mol. The van der Waals surface area contributed by atoms with Crippen LogP contribution in [0.4, 0.5) is 16.3 Å². The second-order valence-electron chi connectivity index (χ2n) is 6.10. The highest BCUT2D eigenvalue weighted by atomic mass is 35.5. The first-order chi connectivity index (χ1) is 12.6. The Hall–Kier alpha value is -2.80. The number of anilines is 2. The molecule has 0 aliphatic carbocycles. The second kappa shape index (κ2) is 6.49.